The third-order valence-electron chi connectivity index (χ3n) is 12.1. The predicted molar refractivity (Wildman–Crippen MR) is 126 cm³/mol. The molecule has 0 radical (unpaired) electrons. The molecule has 0 unspecified atom stereocenters. The van der Waals surface area contributed by atoms with Crippen LogP contribution in [-0.4, -0.2) is 12.1 Å². The van der Waals surface area contributed by atoms with Crippen LogP contribution in [0.2, 0.25) is 0 Å². The minimum Gasteiger partial charge on any atom is -0.462 e. The average molecular weight is 429 g/mol. The van der Waals surface area contributed by atoms with Crippen LogP contribution in [0.4, 0.5) is 0 Å². The van der Waals surface area contributed by atoms with Gasteiger partial charge in [-0.05, 0) is 104 Å². The molecule has 0 bridgehead atoms. The molecule has 0 aromatic carbocycles. The van der Waals surface area contributed by atoms with Crippen molar-refractivity contribution in [2.75, 3.05) is 0 Å². The van der Waals surface area contributed by atoms with Crippen molar-refractivity contribution in [3.05, 3.63) is 0 Å². The fraction of sp³-hybridized carbons (Fsp3) is 0.966. The fourth-order valence-electron chi connectivity index (χ4n) is 10.7. The van der Waals surface area contributed by atoms with E-state index < -0.39 is 0 Å². The van der Waals surface area contributed by atoms with Gasteiger partial charge in [-0.1, -0.05) is 53.9 Å². The number of rotatable bonds is 6. The monoisotopic (exact) mass is 428 g/mol. The van der Waals surface area contributed by atoms with E-state index in [0.29, 0.717) is 16.2 Å². The van der Waals surface area contributed by atoms with Gasteiger partial charge in [0, 0.05) is 12.3 Å². The predicted octanol–water partition coefficient (Wildman–Crippen LogP) is 7.65. The van der Waals surface area contributed by atoms with Gasteiger partial charge >= 0.3 is 5.97 Å². The minimum absolute atomic E-state index is 0.0423. The van der Waals surface area contributed by atoms with E-state index in [2.05, 4.69) is 34.6 Å². The maximum Gasteiger partial charge on any atom is 0.302 e. The number of carbonyl (C=O) groups excluding carboxylic acids is 1. The molecule has 5 aliphatic carbocycles. The molecule has 1 spiro atoms. The Morgan fingerprint density at radius 2 is 1.77 bits per heavy atom. The molecule has 5 rings (SSSR count). The second-order valence-corrected chi connectivity index (χ2v) is 13.6. The van der Waals surface area contributed by atoms with Crippen LogP contribution in [-0.2, 0) is 9.53 Å². The van der Waals surface area contributed by atoms with Crippen molar-refractivity contribution in [2.45, 2.75) is 118 Å². The fourth-order valence-corrected chi connectivity index (χ4v) is 10.7. The smallest absolute Gasteiger partial charge is 0.302 e. The zero-order valence-corrected chi connectivity index (χ0v) is 21.2. The van der Waals surface area contributed by atoms with E-state index in [0.717, 1.165) is 41.4 Å². The van der Waals surface area contributed by atoms with Gasteiger partial charge in [0.15, 0.2) is 0 Å². The summed E-state index contributed by atoms with van der Waals surface area (Å²) in [6.07, 6.45) is 15.4. The highest BCUT2D eigenvalue weighted by atomic mass is 16.5. The molecular weight excluding hydrogens is 380 g/mol. The summed E-state index contributed by atoms with van der Waals surface area (Å²) in [5.74, 6) is 5.91. The van der Waals surface area contributed by atoms with E-state index in [-0.39, 0.29) is 12.1 Å². The molecule has 2 nitrogen and oxygen atoms in total. The van der Waals surface area contributed by atoms with E-state index in [1.807, 2.05) is 0 Å². The summed E-state index contributed by atoms with van der Waals surface area (Å²) in [4.78, 5) is 12.1. The van der Waals surface area contributed by atoms with Crippen molar-refractivity contribution in [2.24, 2.45) is 57.7 Å². The zero-order chi connectivity index (χ0) is 22.2. The molecule has 0 amide bonds. The van der Waals surface area contributed by atoms with Crippen molar-refractivity contribution < 1.29 is 9.53 Å². The van der Waals surface area contributed by atoms with E-state index >= 15 is 0 Å². The molecule has 0 N–H and O–H groups in total. The third kappa shape index (κ3) is 3.12. The number of carbonyl (C=O) groups is 1. The number of hydrogen-bond acceptors (Lipinski definition) is 2. The SMILES string of the molecule is CC(=O)O[C@H]1C[C@H]2[C@@H]3CC[C@H]([C@H](C)CCCC(C)C)[C@@]3(C)CC[C@@H]2[C@@]2(C)CC[C@@H]3C[C@]312. The van der Waals surface area contributed by atoms with Crippen molar-refractivity contribution in [3.63, 3.8) is 0 Å². The standard InChI is InChI=1S/C29H48O2/c1-18(2)8-7-9-19(3)23-10-11-24-22-16-26(31-20(4)30)29-17-21(29)12-15-28(29,6)25(22)13-14-27(23,24)5/h18-19,21-26H,7-17H2,1-6H3/t19-,21-,22+,23-,24+,25+,26+,27-,28-,29+/m1/s1. The van der Waals surface area contributed by atoms with Gasteiger partial charge in [-0.15, -0.1) is 0 Å². The van der Waals surface area contributed by atoms with Crippen molar-refractivity contribution in [3.8, 4) is 0 Å². The maximum atomic E-state index is 12.1. The van der Waals surface area contributed by atoms with Crippen LogP contribution >= 0.6 is 0 Å². The first-order valence-corrected chi connectivity index (χ1v) is 13.8. The van der Waals surface area contributed by atoms with Crippen LogP contribution in [0, 0.1) is 57.7 Å². The molecule has 176 valence electrons. The lowest BCUT2D eigenvalue weighted by Gasteiger charge is -2.60. The zero-order valence-electron chi connectivity index (χ0n) is 21.2. The van der Waals surface area contributed by atoms with Crippen LogP contribution in [0.1, 0.15) is 112 Å². The molecule has 0 saturated heterocycles. The molecule has 10 atom stereocenters. The largest absolute Gasteiger partial charge is 0.462 e. The van der Waals surface area contributed by atoms with Crippen LogP contribution in [0.5, 0.6) is 0 Å². The minimum atomic E-state index is -0.0423. The molecule has 5 fully saturated rings. The second kappa shape index (κ2) is 7.49. The molecule has 0 aromatic heterocycles. The highest BCUT2D eigenvalue weighted by molar-refractivity contribution is 5.66. The van der Waals surface area contributed by atoms with Crippen LogP contribution in [0.3, 0.4) is 0 Å². The van der Waals surface area contributed by atoms with Gasteiger partial charge in [0.05, 0.1) is 0 Å². The number of ether oxygens (including phenoxy) is 1. The summed E-state index contributed by atoms with van der Waals surface area (Å²) in [7, 11) is 0. The lowest BCUT2D eigenvalue weighted by atomic mass is 9.45. The summed E-state index contributed by atoms with van der Waals surface area (Å²) in [5, 5.41) is 0. The van der Waals surface area contributed by atoms with Gasteiger partial charge in [-0.3, -0.25) is 4.79 Å². The third-order valence-corrected chi connectivity index (χ3v) is 12.1. The number of hydrogen-bond donors (Lipinski definition) is 0. The van der Waals surface area contributed by atoms with Gasteiger partial charge < -0.3 is 4.74 Å². The summed E-state index contributed by atoms with van der Waals surface area (Å²) in [5.41, 5.74) is 1.28. The topological polar surface area (TPSA) is 26.3 Å². The Morgan fingerprint density at radius 3 is 2.45 bits per heavy atom. The molecule has 5 saturated carbocycles. The summed E-state index contributed by atoms with van der Waals surface area (Å²) in [6, 6.07) is 0. The highest BCUT2D eigenvalue weighted by Crippen LogP contribution is 2.82. The molecular formula is C29H48O2. The van der Waals surface area contributed by atoms with Gasteiger partial charge in [0.2, 0.25) is 0 Å². The number of esters is 1. The van der Waals surface area contributed by atoms with Crippen molar-refractivity contribution in [1.82, 2.24) is 0 Å². The average Bonchev–Trinajstić information content (AvgIpc) is 3.20. The van der Waals surface area contributed by atoms with E-state index in [4.69, 9.17) is 4.74 Å². The van der Waals surface area contributed by atoms with Crippen LogP contribution < -0.4 is 0 Å². The van der Waals surface area contributed by atoms with E-state index in [9.17, 15) is 4.79 Å². The molecule has 5 aliphatic rings. The maximum absolute atomic E-state index is 12.1. The molecule has 0 heterocycles. The first-order chi connectivity index (χ1) is 14.6. The van der Waals surface area contributed by atoms with E-state index in [1.54, 1.807) is 6.92 Å². The Labute approximate surface area is 191 Å². The van der Waals surface area contributed by atoms with Crippen LogP contribution in [0.15, 0.2) is 0 Å². The van der Waals surface area contributed by atoms with Gasteiger partial charge in [0.25, 0.3) is 0 Å². The van der Waals surface area contributed by atoms with Gasteiger partial charge in [-0.25, -0.2) is 0 Å². The Bertz CT molecular complexity index is 714. The summed E-state index contributed by atoms with van der Waals surface area (Å²) >= 11 is 0. The molecule has 0 aromatic rings. The Morgan fingerprint density at radius 1 is 1.00 bits per heavy atom. The Hall–Kier alpha value is -0.530. The summed E-state index contributed by atoms with van der Waals surface area (Å²) in [6.45, 7) is 14.2. The van der Waals surface area contributed by atoms with Gasteiger partial charge in [0.1, 0.15) is 6.10 Å². The summed E-state index contributed by atoms with van der Waals surface area (Å²) < 4.78 is 6.16. The van der Waals surface area contributed by atoms with Crippen molar-refractivity contribution >= 4 is 5.97 Å². The molecule has 31 heavy (non-hydrogen) atoms. The van der Waals surface area contributed by atoms with Crippen molar-refractivity contribution in [1.29, 1.82) is 0 Å². The van der Waals surface area contributed by atoms with Gasteiger partial charge in [-0.2, -0.15) is 0 Å². The first-order valence-electron chi connectivity index (χ1n) is 13.8. The lowest BCUT2D eigenvalue weighted by Crippen LogP contribution is -2.57. The Balaban J connectivity index is 1.37. The second-order valence-electron chi connectivity index (χ2n) is 13.6. The number of fused-ring (bicyclic) bond motifs is 4. The molecule has 2 heteroatoms. The first kappa shape index (κ1) is 22.3. The van der Waals surface area contributed by atoms with Crippen LogP contribution in [0.25, 0.3) is 0 Å². The quantitative estimate of drug-likeness (QED) is 0.406. The van der Waals surface area contributed by atoms with E-state index in [1.165, 1.54) is 70.6 Å². The normalized spacial score (nSPS) is 50.9. The highest BCUT2D eigenvalue weighted by Gasteiger charge is 2.78. The Kier molecular flexibility index (Phi) is 5.38. The molecule has 0 aliphatic heterocycles. The lowest BCUT2D eigenvalue weighted by molar-refractivity contribution is -0.182.